The molecule has 0 saturated carbocycles. The van der Waals surface area contributed by atoms with E-state index in [2.05, 4.69) is 56.1 Å². The van der Waals surface area contributed by atoms with Crippen LogP contribution in [0.15, 0.2) is 18.2 Å². The molecular weight excluding hydrogens is 296 g/mol. The minimum Gasteiger partial charge on any atom is -0.493 e. The van der Waals surface area contributed by atoms with Crippen LogP contribution in [-0.2, 0) is 5.41 Å². The van der Waals surface area contributed by atoms with Gasteiger partial charge in [-0.25, -0.2) is 0 Å². The van der Waals surface area contributed by atoms with Crippen LogP contribution in [-0.4, -0.2) is 44.2 Å². The van der Waals surface area contributed by atoms with Crippen molar-refractivity contribution in [2.24, 2.45) is 0 Å². The predicted octanol–water partition coefficient (Wildman–Crippen LogP) is 4.14. The highest BCUT2D eigenvalue weighted by atomic mass is 16.5. The predicted molar refractivity (Wildman–Crippen MR) is 103 cm³/mol. The van der Waals surface area contributed by atoms with Crippen molar-refractivity contribution in [3.8, 4) is 5.75 Å². The number of hydrogen-bond donors (Lipinski definition) is 1. The first-order chi connectivity index (χ1) is 11.5. The van der Waals surface area contributed by atoms with E-state index < -0.39 is 0 Å². The van der Waals surface area contributed by atoms with Gasteiger partial charge in [0.1, 0.15) is 5.75 Å². The minimum absolute atomic E-state index is 0.127. The summed E-state index contributed by atoms with van der Waals surface area (Å²) < 4.78 is 6.11. The van der Waals surface area contributed by atoms with Crippen molar-refractivity contribution in [3.63, 3.8) is 0 Å². The molecule has 0 bridgehead atoms. The monoisotopic (exact) mass is 332 g/mol. The lowest BCUT2D eigenvalue weighted by Crippen LogP contribution is -2.29. The van der Waals surface area contributed by atoms with Crippen LogP contribution in [0.1, 0.15) is 57.6 Å². The summed E-state index contributed by atoms with van der Waals surface area (Å²) in [4.78, 5) is 2.60. The zero-order chi connectivity index (χ0) is 17.4. The standard InChI is InChI=1S/C21H36N2O/c1-18-9-10-20(19(17-18)21(2,3)4)24-16-7-5-6-13-23-14-8-11-22-12-15-23/h9-10,17,22H,5-8,11-16H2,1-4H3. The van der Waals surface area contributed by atoms with E-state index in [-0.39, 0.29) is 5.41 Å². The van der Waals surface area contributed by atoms with Crippen LogP contribution in [0.25, 0.3) is 0 Å². The van der Waals surface area contributed by atoms with Crippen LogP contribution >= 0.6 is 0 Å². The lowest BCUT2D eigenvalue weighted by Gasteiger charge is -2.23. The van der Waals surface area contributed by atoms with Crippen LogP contribution in [0.4, 0.5) is 0 Å². The zero-order valence-electron chi connectivity index (χ0n) is 16.2. The number of ether oxygens (including phenoxy) is 1. The Morgan fingerprint density at radius 1 is 1.08 bits per heavy atom. The Morgan fingerprint density at radius 3 is 2.71 bits per heavy atom. The van der Waals surface area contributed by atoms with Gasteiger partial charge >= 0.3 is 0 Å². The number of rotatable bonds is 7. The van der Waals surface area contributed by atoms with Crippen LogP contribution in [0, 0.1) is 6.92 Å². The highest BCUT2D eigenvalue weighted by Crippen LogP contribution is 2.32. The quantitative estimate of drug-likeness (QED) is 0.760. The first-order valence-corrected chi connectivity index (χ1v) is 9.64. The topological polar surface area (TPSA) is 24.5 Å². The summed E-state index contributed by atoms with van der Waals surface area (Å²) in [6.07, 6.45) is 4.96. The molecule has 0 spiro atoms. The third-order valence-corrected chi connectivity index (χ3v) is 4.75. The molecule has 1 heterocycles. The van der Waals surface area contributed by atoms with Crippen LogP contribution in [0.3, 0.4) is 0 Å². The summed E-state index contributed by atoms with van der Waals surface area (Å²) in [5.74, 6) is 1.06. The normalized spacial score (nSPS) is 16.8. The van der Waals surface area contributed by atoms with Crippen molar-refractivity contribution in [2.75, 3.05) is 39.3 Å². The van der Waals surface area contributed by atoms with Gasteiger partial charge in [-0.05, 0) is 69.3 Å². The van der Waals surface area contributed by atoms with E-state index in [1.54, 1.807) is 0 Å². The summed E-state index contributed by atoms with van der Waals surface area (Å²) in [5, 5.41) is 3.47. The van der Waals surface area contributed by atoms with Gasteiger partial charge in [0, 0.05) is 13.1 Å². The van der Waals surface area contributed by atoms with Gasteiger partial charge in [-0.3, -0.25) is 0 Å². The summed E-state index contributed by atoms with van der Waals surface area (Å²) >= 11 is 0. The molecule has 0 aliphatic carbocycles. The second-order valence-corrected chi connectivity index (χ2v) is 8.10. The lowest BCUT2D eigenvalue weighted by molar-refractivity contribution is 0.269. The second-order valence-electron chi connectivity index (χ2n) is 8.10. The molecular formula is C21H36N2O. The Balaban J connectivity index is 1.69. The second kappa shape index (κ2) is 9.43. The molecule has 1 aliphatic heterocycles. The van der Waals surface area contributed by atoms with Crippen molar-refractivity contribution in [3.05, 3.63) is 29.3 Å². The molecule has 3 heteroatoms. The van der Waals surface area contributed by atoms with Crippen molar-refractivity contribution >= 4 is 0 Å². The smallest absolute Gasteiger partial charge is 0.123 e. The molecule has 136 valence electrons. The number of nitrogens with zero attached hydrogens (tertiary/aromatic N) is 1. The SMILES string of the molecule is Cc1ccc(OCCCCCN2CCCNCC2)c(C(C)(C)C)c1. The molecule has 0 atom stereocenters. The average molecular weight is 333 g/mol. The maximum absolute atomic E-state index is 6.11. The molecule has 3 nitrogen and oxygen atoms in total. The van der Waals surface area contributed by atoms with Gasteiger partial charge in [0.15, 0.2) is 0 Å². The fourth-order valence-electron chi connectivity index (χ4n) is 3.28. The van der Waals surface area contributed by atoms with Gasteiger partial charge in [0.25, 0.3) is 0 Å². The molecule has 24 heavy (non-hydrogen) atoms. The van der Waals surface area contributed by atoms with Gasteiger partial charge in [-0.2, -0.15) is 0 Å². The average Bonchev–Trinajstić information content (AvgIpc) is 2.79. The van der Waals surface area contributed by atoms with E-state index in [9.17, 15) is 0 Å². The highest BCUT2D eigenvalue weighted by Gasteiger charge is 2.19. The number of unbranched alkanes of at least 4 members (excludes halogenated alkanes) is 2. The molecule has 1 saturated heterocycles. The fraction of sp³-hybridized carbons (Fsp3) is 0.714. The third kappa shape index (κ3) is 6.45. The molecule has 1 aromatic carbocycles. The van der Waals surface area contributed by atoms with E-state index in [4.69, 9.17) is 4.74 Å². The van der Waals surface area contributed by atoms with E-state index in [0.29, 0.717) is 0 Å². The Labute approximate surface area is 148 Å². The fourth-order valence-corrected chi connectivity index (χ4v) is 3.28. The van der Waals surface area contributed by atoms with Gasteiger partial charge in [0.2, 0.25) is 0 Å². The summed E-state index contributed by atoms with van der Waals surface area (Å²) in [5.41, 5.74) is 2.75. The molecule has 1 aromatic rings. The first-order valence-electron chi connectivity index (χ1n) is 9.64. The van der Waals surface area contributed by atoms with Gasteiger partial charge in [0.05, 0.1) is 6.61 Å². The minimum atomic E-state index is 0.127. The Kier molecular flexibility index (Phi) is 7.57. The van der Waals surface area contributed by atoms with Crippen LogP contribution in [0.5, 0.6) is 5.75 Å². The Morgan fingerprint density at radius 2 is 1.92 bits per heavy atom. The van der Waals surface area contributed by atoms with E-state index in [1.165, 1.54) is 56.6 Å². The van der Waals surface area contributed by atoms with Gasteiger partial charge in [-0.15, -0.1) is 0 Å². The maximum atomic E-state index is 6.11. The third-order valence-electron chi connectivity index (χ3n) is 4.75. The molecule has 1 N–H and O–H groups in total. The van der Waals surface area contributed by atoms with Gasteiger partial charge in [-0.1, -0.05) is 38.5 Å². The van der Waals surface area contributed by atoms with E-state index in [1.807, 2.05) is 0 Å². The first kappa shape index (κ1) is 19.3. The van der Waals surface area contributed by atoms with Crippen LogP contribution < -0.4 is 10.1 Å². The molecule has 0 amide bonds. The van der Waals surface area contributed by atoms with Crippen molar-refractivity contribution in [1.29, 1.82) is 0 Å². The van der Waals surface area contributed by atoms with E-state index >= 15 is 0 Å². The van der Waals surface area contributed by atoms with Crippen molar-refractivity contribution in [2.45, 2.75) is 58.8 Å². The van der Waals surface area contributed by atoms with E-state index in [0.717, 1.165) is 25.3 Å². The van der Waals surface area contributed by atoms with Crippen molar-refractivity contribution < 1.29 is 4.74 Å². The Hall–Kier alpha value is -1.06. The number of nitrogens with one attached hydrogen (secondary N) is 1. The summed E-state index contributed by atoms with van der Waals surface area (Å²) in [6, 6.07) is 6.56. The summed E-state index contributed by atoms with van der Waals surface area (Å²) in [7, 11) is 0. The highest BCUT2D eigenvalue weighted by molar-refractivity contribution is 5.41. The Bertz CT molecular complexity index is 485. The number of hydrogen-bond acceptors (Lipinski definition) is 3. The lowest BCUT2D eigenvalue weighted by atomic mass is 9.85. The molecule has 0 radical (unpaired) electrons. The maximum Gasteiger partial charge on any atom is 0.123 e. The van der Waals surface area contributed by atoms with Gasteiger partial charge < -0.3 is 15.0 Å². The number of aryl methyl sites for hydroxylation is 1. The van der Waals surface area contributed by atoms with Crippen molar-refractivity contribution in [1.82, 2.24) is 10.2 Å². The molecule has 1 fully saturated rings. The summed E-state index contributed by atoms with van der Waals surface area (Å²) in [6.45, 7) is 15.8. The number of benzene rings is 1. The molecule has 2 rings (SSSR count). The van der Waals surface area contributed by atoms with Crippen LogP contribution in [0.2, 0.25) is 0 Å². The molecule has 0 aromatic heterocycles. The molecule has 1 aliphatic rings. The largest absolute Gasteiger partial charge is 0.493 e. The molecule has 0 unspecified atom stereocenters. The zero-order valence-corrected chi connectivity index (χ0v) is 16.2.